The number of piperidine rings is 1. The molecule has 0 unspecified atom stereocenters. The van der Waals surface area contributed by atoms with E-state index in [1.807, 2.05) is 0 Å². The van der Waals surface area contributed by atoms with E-state index in [4.69, 9.17) is 49.0 Å². The van der Waals surface area contributed by atoms with Crippen LogP contribution in [0.1, 0.15) is 40.0 Å². The Morgan fingerprint density at radius 3 is 2.35 bits per heavy atom. The van der Waals surface area contributed by atoms with Crippen LogP contribution in [0.2, 0.25) is 15.1 Å². The average molecular weight is 485 g/mol. The standard InChI is InChI=1S/C22H20Cl3NO5/c1-29-16-6-3-12-15(27)11-22(31-19(12)20(16)30-2)7-9-26(10-8-22)21(28)17-13(23)4-5-14(24)18(17)25/h3-6H,7-11H2,1-2H3. The third kappa shape index (κ3) is 3.81. The minimum absolute atomic E-state index is 0.0251. The fraction of sp³-hybridized carbons (Fsp3) is 0.364. The molecule has 31 heavy (non-hydrogen) atoms. The second kappa shape index (κ2) is 8.41. The zero-order chi connectivity index (χ0) is 22.3. The van der Waals surface area contributed by atoms with E-state index in [9.17, 15) is 9.59 Å². The van der Waals surface area contributed by atoms with Crippen LogP contribution in [-0.2, 0) is 0 Å². The molecule has 1 saturated heterocycles. The predicted octanol–water partition coefficient (Wildman–Crippen LogP) is 5.30. The molecule has 4 rings (SSSR count). The van der Waals surface area contributed by atoms with Gasteiger partial charge in [0.2, 0.25) is 5.75 Å². The highest BCUT2D eigenvalue weighted by Crippen LogP contribution is 2.48. The number of amides is 1. The first kappa shape index (κ1) is 22.1. The lowest BCUT2D eigenvalue weighted by Crippen LogP contribution is -2.52. The third-order valence-electron chi connectivity index (χ3n) is 5.82. The number of Topliss-reactive ketones (excluding diaryl/α,β-unsaturated/α-hetero) is 1. The Labute approximate surface area is 194 Å². The molecule has 6 nitrogen and oxygen atoms in total. The van der Waals surface area contributed by atoms with E-state index in [1.54, 1.807) is 29.2 Å². The summed E-state index contributed by atoms with van der Waals surface area (Å²) >= 11 is 18.5. The number of likely N-dealkylation sites (tertiary alicyclic amines) is 1. The van der Waals surface area contributed by atoms with Gasteiger partial charge in [-0.25, -0.2) is 0 Å². The molecule has 1 spiro atoms. The predicted molar refractivity (Wildman–Crippen MR) is 118 cm³/mol. The fourth-order valence-corrected chi connectivity index (χ4v) is 4.83. The number of nitrogens with zero attached hydrogens (tertiary/aromatic N) is 1. The van der Waals surface area contributed by atoms with Gasteiger partial charge in [0.05, 0.1) is 46.8 Å². The first-order valence-electron chi connectivity index (χ1n) is 9.70. The highest BCUT2D eigenvalue weighted by molar-refractivity contribution is 6.46. The van der Waals surface area contributed by atoms with Gasteiger partial charge in [0.15, 0.2) is 17.3 Å². The van der Waals surface area contributed by atoms with Crippen molar-refractivity contribution in [3.05, 3.63) is 50.5 Å². The number of methoxy groups -OCH3 is 2. The molecule has 2 aromatic rings. The molecular weight excluding hydrogens is 465 g/mol. The van der Waals surface area contributed by atoms with Crippen molar-refractivity contribution in [3.63, 3.8) is 0 Å². The van der Waals surface area contributed by atoms with Gasteiger partial charge in [-0.05, 0) is 24.3 Å². The Hall–Kier alpha value is -2.15. The first-order chi connectivity index (χ1) is 14.8. The van der Waals surface area contributed by atoms with E-state index < -0.39 is 5.60 Å². The maximum atomic E-state index is 13.1. The summed E-state index contributed by atoms with van der Waals surface area (Å²) in [6.45, 7) is 0.764. The number of halogens is 3. The highest BCUT2D eigenvalue weighted by atomic mass is 35.5. The summed E-state index contributed by atoms with van der Waals surface area (Å²) in [7, 11) is 3.04. The van der Waals surface area contributed by atoms with Gasteiger partial charge in [-0.15, -0.1) is 0 Å². The van der Waals surface area contributed by atoms with E-state index in [0.717, 1.165) is 0 Å². The summed E-state index contributed by atoms with van der Waals surface area (Å²) in [6, 6.07) is 6.48. The smallest absolute Gasteiger partial charge is 0.256 e. The van der Waals surface area contributed by atoms with Crippen LogP contribution in [0.4, 0.5) is 0 Å². The van der Waals surface area contributed by atoms with E-state index in [1.165, 1.54) is 14.2 Å². The number of ketones is 1. The van der Waals surface area contributed by atoms with E-state index in [0.29, 0.717) is 48.7 Å². The van der Waals surface area contributed by atoms with E-state index in [-0.39, 0.29) is 38.7 Å². The molecular formula is C22H20Cl3NO5. The molecule has 0 saturated carbocycles. The summed E-state index contributed by atoms with van der Waals surface area (Å²) < 4.78 is 17.2. The van der Waals surface area contributed by atoms with Crippen molar-refractivity contribution >= 4 is 46.5 Å². The Morgan fingerprint density at radius 2 is 1.71 bits per heavy atom. The lowest BCUT2D eigenvalue weighted by molar-refractivity contribution is -0.00744. The van der Waals surface area contributed by atoms with Crippen LogP contribution in [0, 0.1) is 0 Å². The monoisotopic (exact) mass is 483 g/mol. The highest BCUT2D eigenvalue weighted by Gasteiger charge is 2.45. The number of rotatable bonds is 3. The molecule has 0 radical (unpaired) electrons. The summed E-state index contributed by atoms with van der Waals surface area (Å²) in [6.07, 6.45) is 1.18. The minimum Gasteiger partial charge on any atom is -0.493 e. The van der Waals surface area contributed by atoms with Gasteiger partial charge >= 0.3 is 0 Å². The molecule has 2 aromatic carbocycles. The molecule has 2 aliphatic heterocycles. The van der Waals surface area contributed by atoms with E-state index in [2.05, 4.69) is 0 Å². The zero-order valence-electron chi connectivity index (χ0n) is 17.0. The minimum atomic E-state index is -0.720. The average Bonchev–Trinajstić information content (AvgIpc) is 2.76. The Bertz CT molecular complexity index is 1060. The van der Waals surface area contributed by atoms with Gasteiger partial charge in [-0.2, -0.15) is 0 Å². The van der Waals surface area contributed by atoms with Crippen LogP contribution in [-0.4, -0.2) is 49.5 Å². The summed E-state index contributed by atoms with van der Waals surface area (Å²) in [5, 5.41) is 0.644. The molecule has 1 amide bonds. The van der Waals surface area contributed by atoms with Gasteiger partial charge < -0.3 is 19.1 Å². The number of carbonyl (C=O) groups excluding carboxylic acids is 2. The molecule has 0 aliphatic carbocycles. The van der Waals surface area contributed by atoms with Gasteiger partial charge in [0.25, 0.3) is 5.91 Å². The van der Waals surface area contributed by atoms with Crippen molar-refractivity contribution in [2.45, 2.75) is 24.9 Å². The van der Waals surface area contributed by atoms with E-state index >= 15 is 0 Å². The molecule has 9 heteroatoms. The van der Waals surface area contributed by atoms with Gasteiger partial charge in [-0.1, -0.05) is 34.8 Å². The Morgan fingerprint density at radius 1 is 1.03 bits per heavy atom. The van der Waals surface area contributed by atoms with Gasteiger partial charge in [-0.3, -0.25) is 9.59 Å². The second-order valence-corrected chi connectivity index (χ2v) is 8.77. The van der Waals surface area contributed by atoms with Crippen LogP contribution in [0.15, 0.2) is 24.3 Å². The molecule has 0 atom stereocenters. The van der Waals surface area contributed by atoms with Crippen molar-refractivity contribution in [1.29, 1.82) is 0 Å². The molecule has 0 bridgehead atoms. The van der Waals surface area contributed by atoms with Crippen molar-refractivity contribution < 1.29 is 23.8 Å². The fourth-order valence-electron chi connectivity index (χ4n) is 4.14. The van der Waals surface area contributed by atoms with Gasteiger partial charge in [0, 0.05) is 25.9 Å². The quantitative estimate of drug-likeness (QED) is 0.553. The maximum absolute atomic E-state index is 13.1. The molecule has 0 aromatic heterocycles. The maximum Gasteiger partial charge on any atom is 0.256 e. The molecule has 2 aliphatic rings. The summed E-state index contributed by atoms with van der Waals surface area (Å²) in [4.78, 5) is 27.6. The molecule has 1 fully saturated rings. The third-order valence-corrected chi connectivity index (χ3v) is 6.94. The second-order valence-electron chi connectivity index (χ2n) is 7.57. The van der Waals surface area contributed by atoms with Gasteiger partial charge in [0.1, 0.15) is 5.60 Å². The van der Waals surface area contributed by atoms with Crippen LogP contribution in [0.25, 0.3) is 0 Å². The molecule has 2 heterocycles. The number of carbonyl (C=O) groups is 2. The van der Waals surface area contributed by atoms with Crippen molar-refractivity contribution in [3.8, 4) is 17.2 Å². The lowest BCUT2D eigenvalue weighted by atomic mass is 9.82. The zero-order valence-corrected chi connectivity index (χ0v) is 19.2. The number of ether oxygens (including phenoxy) is 3. The number of fused-ring (bicyclic) bond motifs is 1. The normalized spacial score (nSPS) is 17.2. The largest absolute Gasteiger partial charge is 0.493 e. The Balaban J connectivity index is 1.57. The lowest BCUT2D eigenvalue weighted by Gasteiger charge is -2.44. The van der Waals surface area contributed by atoms with Crippen LogP contribution < -0.4 is 14.2 Å². The number of hydrogen-bond donors (Lipinski definition) is 0. The first-order valence-corrected chi connectivity index (χ1v) is 10.8. The SMILES string of the molecule is COc1ccc2c(c1OC)OC1(CCN(C(=O)c3c(Cl)ccc(Cl)c3Cl)CC1)CC2=O. The summed E-state index contributed by atoms with van der Waals surface area (Å²) in [5.74, 6) is 0.947. The molecule has 164 valence electrons. The van der Waals surface area contributed by atoms with Crippen molar-refractivity contribution in [2.24, 2.45) is 0 Å². The number of hydrogen-bond acceptors (Lipinski definition) is 5. The van der Waals surface area contributed by atoms with Crippen molar-refractivity contribution in [1.82, 2.24) is 4.90 Å². The number of benzene rings is 2. The topological polar surface area (TPSA) is 65.1 Å². The molecule has 0 N–H and O–H groups in total. The Kier molecular flexibility index (Phi) is 5.99. The van der Waals surface area contributed by atoms with Crippen LogP contribution >= 0.6 is 34.8 Å². The summed E-state index contributed by atoms with van der Waals surface area (Å²) in [5.41, 5.74) is -0.0638. The van der Waals surface area contributed by atoms with Crippen molar-refractivity contribution in [2.75, 3.05) is 27.3 Å². The van der Waals surface area contributed by atoms with Crippen LogP contribution in [0.5, 0.6) is 17.2 Å². The van der Waals surface area contributed by atoms with Crippen LogP contribution in [0.3, 0.4) is 0 Å².